The molecule has 1 aliphatic rings. The molecule has 5 aromatic rings. The molecule has 4 heterocycles. The molecule has 3 aromatic heterocycles. The lowest BCUT2D eigenvalue weighted by Gasteiger charge is -2.25. The Bertz CT molecular complexity index is 1370. The van der Waals surface area contributed by atoms with Gasteiger partial charge in [-0.05, 0) is 71.1 Å². The van der Waals surface area contributed by atoms with E-state index in [1.54, 1.807) is 0 Å². The smallest absolute Gasteiger partial charge is 0.0746 e. The number of aromatic nitrogens is 2. The van der Waals surface area contributed by atoms with E-state index in [9.17, 15) is 0 Å². The van der Waals surface area contributed by atoms with Crippen molar-refractivity contribution in [3.8, 4) is 10.4 Å². The summed E-state index contributed by atoms with van der Waals surface area (Å²) in [6.45, 7) is 3.18. The standard InChI is InChI=1S/C25H23N3S/c1-15-3-6-21-20(13-15)18-7-10-26-23(24(18)27-21)19-9-12-29-25(19)17-5-4-16-8-11-28(2)22(16)14-17/h3-6,8-9,11-14,23,26-27H,7,10H2,1-2H3. The quantitative estimate of drug-likeness (QED) is 0.380. The van der Waals surface area contributed by atoms with Crippen LogP contribution in [0.1, 0.15) is 28.4 Å². The van der Waals surface area contributed by atoms with Crippen molar-refractivity contribution in [3.05, 3.63) is 82.5 Å². The second kappa shape index (κ2) is 6.34. The molecule has 3 nitrogen and oxygen atoms in total. The van der Waals surface area contributed by atoms with Gasteiger partial charge in [-0.25, -0.2) is 0 Å². The third-order valence-corrected chi connectivity index (χ3v) is 7.24. The average molecular weight is 398 g/mol. The average Bonchev–Trinajstić information content (AvgIpc) is 3.45. The summed E-state index contributed by atoms with van der Waals surface area (Å²) in [4.78, 5) is 5.09. The van der Waals surface area contributed by atoms with Gasteiger partial charge in [-0.1, -0.05) is 23.8 Å². The molecular weight excluding hydrogens is 374 g/mol. The van der Waals surface area contributed by atoms with Crippen molar-refractivity contribution < 1.29 is 0 Å². The third-order valence-electron chi connectivity index (χ3n) is 6.26. The number of aryl methyl sites for hydroxylation is 2. The van der Waals surface area contributed by atoms with E-state index in [1.165, 1.54) is 54.6 Å². The molecule has 144 valence electrons. The van der Waals surface area contributed by atoms with Gasteiger partial charge in [0.25, 0.3) is 0 Å². The lowest BCUT2D eigenvalue weighted by molar-refractivity contribution is 0.562. The summed E-state index contributed by atoms with van der Waals surface area (Å²) in [7, 11) is 2.11. The first kappa shape index (κ1) is 17.1. The van der Waals surface area contributed by atoms with Crippen LogP contribution in [0, 0.1) is 6.92 Å². The van der Waals surface area contributed by atoms with Crippen LogP contribution in [0.25, 0.3) is 32.2 Å². The van der Waals surface area contributed by atoms with E-state index in [1.807, 2.05) is 11.3 Å². The molecule has 0 amide bonds. The van der Waals surface area contributed by atoms with E-state index in [2.05, 4.69) is 88.9 Å². The number of hydrogen-bond donors (Lipinski definition) is 2. The molecule has 4 heteroatoms. The maximum Gasteiger partial charge on any atom is 0.0746 e. The van der Waals surface area contributed by atoms with Gasteiger partial charge in [0.15, 0.2) is 0 Å². The van der Waals surface area contributed by atoms with Gasteiger partial charge in [0, 0.05) is 46.8 Å². The van der Waals surface area contributed by atoms with E-state index in [-0.39, 0.29) is 6.04 Å². The highest BCUT2D eigenvalue weighted by Crippen LogP contribution is 2.40. The molecule has 0 saturated heterocycles. The molecule has 2 N–H and O–H groups in total. The Morgan fingerprint density at radius 1 is 1.07 bits per heavy atom. The molecular formula is C25H23N3S. The van der Waals surface area contributed by atoms with Gasteiger partial charge in [-0.2, -0.15) is 0 Å². The number of thiophene rings is 1. The molecule has 0 bridgehead atoms. The van der Waals surface area contributed by atoms with E-state index in [0.717, 1.165) is 13.0 Å². The Labute approximate surface area is 174 Å². The Kier molecular flexibility index (Phi) is 3.73. The molecule has 0 radical (unpaired) electrons. The van der Waals surface area contributed by atoms with Crippen LogP contribution >= 0.6 is 11.3 Å². The topological polar surface area (TPSA) is 32.8 Å². The van der Waals surface area contributed by atoms with Crippen LogP contribution in [0.15, 0.2) is 60.1 Å². The van der Waals surface area contributed by atoms with Crippen LogP contribution in [0.4, 0.5) is 0 Å². The summed E-state index contributed by atoms with van der Waals surface area (Å²) in [5.74, 6) is 0. The first-order valence-corrected chi connectivity index (χ1v) is 11.0. The molecule has 0 aliphatic carbocycles. The molecule has 1 aliphatic heterocycles. The predicted octanol–water partition coefficient (Wildman–Crippen LogP) is 5.93. The zero-order valence-electron chi connectivity index (χ0n) is 16.6. The minimum atomic E-state index is 0.205. The van der Waals surface area contributed by atoms with Crippen LogP contribution in [0.3, 0.4) is 0 Å². The van der Waals surface area contributed by atoms with Crippen LogP contribution in [-0.4, -0.2) is 16.1 Å². The fraction of sp³-hybridized carbons (Fsp3) is 0.200. The van der Waals surface area contributed by atoms with Gasteiger partial charge in [0.05, 0.1) is 6.04 Å². The van der Waals surface area contributed by atoms with Gasteiger partial charge in [0.1, 0.15) is 0 Å². The van der Waals surface area contributed by atoms with Crippen molar-refractivity contribution in [1.82, 2.24) is 14.9 Å². The van der Waals surface area contributed by atoms with Gasteiger partial charge < -0.3 is 14.9 Å². The monoisotopic (exact) mass is 397 g/mol. The summed E-state index contributed by atoms with van der Waals surface area (Å²) in [6, 6.07) is 18.2. The number of H-pyrrole nitrogens is 1. The van der Waals surface area contributed by atoms with Crippen LogP contribution in [-0.2, 0) is 13.5 Å². The lowest BCUT2D eigenvalue weighted by Crippen LogP contribution is -2.30. The summed E-state index contributed by atoms with van der Waals surface area (Å²) >= 11 is 1.83. The Balaban J connectivity index is 1.50. The zero-order chi connectivity index (χ0) is 19.5. The number of aromatic amines is 1. The molecule has 1 unspecified atom stereocenters. The summed E-state index contributed by atoms with van der Waals surface area (Å²) in [5, 5.41) is 8.68. The Morgan fingerprint density at radius 3 is 2.93 bits per heavy atom. The minimum Gasteiger partial charge on any atom is -0.357 e. The molecule has 0 fully saturated rings. The van der Waals surface area contributed by atoms with E-state index < -0.39 is 0 Å². The zero-order valence-corrected chi connectivity index (χ0v) is 17.4. The fourth-order valence-corrected chi connectivity index (χ4v) is 5.73. The van der Waals surface area contributed by atoms with Crippen LogP contribution < -0.4 is 5.32 Å². The van der Waals surface area contributed by atoms with E-state index in [0.29, 0.717) is 0 Å². The van der Waals surface area contributed by atoms with Crippen LogP contribution in [0.2, 0.25) is 0 Å². The molecule has 6 rings (SSSR count). The first-order valence-electron chi connectivity index (χ1n) is 10.2. The van der Waals surface area contributed by atoms with Crippen molar-refractivity contribution in [1.29, 1.82) is 0 Å². The Hall–Kier alpha value is -2.82. The van der Waals surface area contributed by atoms with Crippen molar-refractivity contribution in [2.45, 2.75) is 19.4 Å². The van der Waals surface area contributed by atoms with Gasteiger partial charge in [-0.3, -0.25) is 0 Å². The first-order chi connectivity index (χ1) is 14.2. The molecule has 29 heavy (non-hydrogen) atoms. The van der Waals surface area contributed by atoms with Crippen LogP contribution in [0.5, 0.6) is 0 Å². The predicted molar refractivity (Wildman–Crippen MR) is 123 cm³/mol. The number of nitrogens with zero attached hydrogens (tertiary/aromatic N) is 1. The largest absolute Gasteiger partial charge is 0.357 e. The summed E-state index contributed by atoms with van der Waals surface area (Å²) in [5.41, 5.74) is 9.31. The lowest BCUT2D eigenvalue weighted by atomic mass is 9.93. The highest BCUT2D eigenvalue weighted by Gasteiger charge is 2.27. The van der Waals surface area contributed by atoms with E-state index >= 15 is 0 Å². The summed E-state index contributed by atoms with van der Waals surface area (Å²) in [6.07, 6.45) is 3.20. The molecule has 1 atom stereocenters. The van der Waals surface area contributed by atoms with Gasteiger partial charge in [0.2, 0.25) is 0 Å². The minimum absolute atomic E-state index is 0.205. The number of nitrogens with one attached hydrogen (secondary N) is 2. The number of benzene rings is 2. The van der Waals surface area contributed by atoms with Gasteiger partial charge in [-0.15, -0.1) is 11.3 Å². The number of fused-ring (bicyclic) bond motifs is 4. The molecule has 2 aromatic carbocycles. The van der Waals surface area contributed by atoms with Crippen molar-refractivity contribution in [3.63, 3.8) is 0 Å². The number of rotatable bonds is 2. The maximum absolute atomic E-state index is 3.78. The van der Waals surface area contributed by atoms with Gasteiger partial charge >= 0.3 is 0 Å². The fourth-order valence-electron chi connectivity index (χ4n) is 4.79. The SMILES string of the molecule is Cc1ccc2[nH]c3c(c2c1)CCNC3c1ccsc1-c1ccc2ccn(C)c2c1. The molecule has 0 spiro atoms. The second-order valence-corrected chi connectivity index (χ2v) is 9.02. The van der Waals surface area contributed by atoms with E-state index in [4.69, 9.17) is 0 Å². The number of hydrogen-bond acceptors (Lipinski definition) is 2. The highest BCUT2D eigenvalue weighted by atomic mass is 32.1. The highest BCUT2D eigenvalue weighted by molar-refractivity contribution is 7.13. The summed E-state index contributed by atoms with van der Waals surface area (Å²) < 4.78 is 2.20. The van der Waals surface area contributed by atoms with Crippen molar-refractivity contribution in [2.75, 3.05) is 6.54 Å². The third kappa shape index (κ3) is 2.60. The molecule has 0 saturated carbocycles. The van der Waals surface area contributed by atoms with Crippen molar-refractivity contribution >= 4 is 33.1 Å². The second-order valence-electron chi connectivity index (χ2n) is 8.11. The normalized spacial score (nSPS) is 16.6. The van der Waals surface area contributed by atoms with Crippen molar-refractivity contribution in [2.24, 2.45) is 7.05 Å². The maximum atomic E-state index is 3.78. The Morgan fingerprint density at radius 2 is 2.00 bits per heavy atom.